The Morgan fingerprint density at radius 1 is 1.33 bits per heavy atom. The van der Waals surface area contributed by atoms with Gasteiger partial charge in [0.05, 0.1) is 18.1 Å². The summed E-state index contributed by atoms with van der Waals surface area (Å²) in [6, 6.07) is 7.64. The second kappa shape index (κ2) is 7.34. The molecule has 4 rings (SSSR count). The van der Waals surface area contributed by atoms with E-state index in [1.165, 1.54) is 18.4 Å². The number of hydrogen-bond donors (Lipinski definition) is 0. The van der Waals surface area contributed by atoms with Crippen LogP contribution in [0.15, 0.2) is 41.4 Å². The number of halogens is 1. The first-order valence-corrected chi connectivity index (χ1v) is 10.2. The standard InChI is InChI=1S/C19H15ClN2O3S2/c1-11-5-14-15(6-13(11)20)22(10-21-14)17-7-16(18(27-17)19(23)24-2)25-8-12-3-4-26-9-12/h3-7,9-10H,8H2,1-2H3. The summed E-state index contributed by atoms with van der Waals surface area (Å²) in [5.74, 6) is 0.0676. The minimum absolute atomic E-state index is 0.388. The zero-order valence-corrected chi connectivity index (χ0v) is 17.0. The number of carbonyl (C=O) groups excluding carboxylic acids is 1. The number of rotatable bonds is 5. The molecule has 0 saturated carbocycles. The second-order valence-electron chi connectivity index (χ2n) is 5.89. The number of aromatic nitrogens is 2. The molecule has 0 aliphatic rings. The van der Waals surface area contributed by atoms with E-state index in [4.69, 9.17) is 21.1 Å². The topological polar surface area (TPSA) is 53.4 Å². The Hall–Kier alpha value is -2.35. The fraction of sp³-hybridized carbons (Fsp3) is 0.158. The monoisotopic (exact) mass is 418 g/mol. The van der Waals surface area contributed by atoms with Gasteiger partial charge in [-0.1, -0.05) is 11.6 Å². The normalized spacial score (nSPS) is 11.1. The molecule has 0 aliphatic heterocycles. The van der Waals surface area contributed by atoms with E-state index in [-0.39, 0.29) is 0 Å². The summed E-state index contributed by atoms with van der Waals surface area (Å²) in [6.07, 6.45) is 1.72. The molecule has 0 radical (unpaired) electrons. The van der Waals surface area contributed by atoms with Gasteiger partial charge in [0.2, 0.25) is 0 Å². The molecule has 3 heterocycles. The van der Waals surface area contributed by atoms with Gasteiger partial charge in [-0.3, -0.25) is 4.57 Å². The predicted octanol–water partition coefficient (Wildman–Crippen LogP) is 5.48. The van der Waals surface area contributed by atoms with Crippen LogP contribution in [0.3, 0.4) is 0 Å². The number of thiophene rings is 2. The molecule has 3 aromatic heterocycles. The van der Waals surface area contributed by atoms with Crippen molar-refractivity contribution in [1.82, 2.24) is 9.55 Å². The van der Waals surface area contributed by atoms with Crippen LogP contribution in [-0.2, 0) is 11.3 Å². The highest BCUT2D eigenvalue weighted by atomic mass is 35.5. The molecule has 0 N–H and O–H groups in total. The highest BCUT2D eigenvalue weighted by Gasteiger charge is 2.20. The van der Waals surface area contributed by atoms with Crippen LogP contribution in [0.25, 0.3) is 16.0 Å². The quantitative estimate of drug-likeness (QED) is 0.403. The number of ether oxygens (including phenoxy) is 2. The van der Waals surface area contributed by atoms with Gasteiger partial charge in [-0.2, -0.15) is 11.3 Å². The maximum Gasteiger partial charge on any atom is 0.351 e. The summed E-state index contributed by atoms with van der Waals surface area (Å²) >= 11 is 9.18. The number of benzene rings is 1. The first-order valence-electron chi connectivity index (χ1n) is 8.06. The van der Waals surface area contributed by atoms with E-state index in [9.17, 15) is 4.79 Å². The molecule has 0 amide bonds. The molecule has 0 spiro atoms. The molecule has 1 aromatic carbocycles. The lowest BCUT2D eigenvalue weighted by molar-refractivity contribution is 0.0601. The first kappa shape index (κ1) is 18.0. The summed E-state index contributed by atoms with van der Waals surface area (Å²) in [7, 11) is 1.36. The Morgan fingerprint density at radius 2 is 2.19 bits per heavy atom. The van der Waals surface area contributed by atoms with Gasteiger partial charge in [-0.25, -0.2) is 9.78 Å². The van der Waals surface area contributed by atoms with Crippen LogP contribution in [-0.4, -0.2) is 22.6 Å². The number of nitrogens with zero attached hydrogens (tertiary/aromatic N) is 2. The highest BCUT2D eigenvalue weighted by Crippen LogP contribution is 2.35. The van der Waals surface area contributed by atoms with Crippen molar-refractivity contribution in [3.05, 3.63) is 62.4 Å². The molecule has 8 heteroatoms. The van der Waals surface area contributed by atoms with Crippen LogP contribution < -0.4 is 4.74 Å². The molecule has 0 bridgehead atoms. The number of carbonyl (C=O) groups is 1. The third kappa shape index (κ3) is 3.45. The number of hydrogen-bond acceptors (Lipinski definition) is 6. The zero-order valence-electron chi connectivity index (χ0n) is 14.6. The average molecular weight is 419 g/mol. The number of imidazole rings is 1. The van der Waals surface area contributed by atoms with Crippen molar-refractivity contribution in [2.45, 2.75) is 13.5 Å². The lowest BCUT2D eigenvalue weighted by atomic mass is 10.2. The number of fused-ring (bicyclic) bond motifs is 1. The second-order valence-corrected chi connectivity index (χ2v) is 8.11. The largest absolute Gasteiger partial charge is 0.487 e. The summed E-state index contributed by atoms with van der Waals surface area (Å²) in [5, 5.41) is 5.47. The molecule has 4 aromatic rings. The van der Waals surface area contributed by atoms with Crippen molar-refractivity contribution < 1.29 is 14.3 Å². The van der Waals surface area contributed by atoms with Crippen LogP contribution >= 0.6 is 34.3 Å². The minimum atomic E-state index is -0.426. The summed E-state index contributed by atoms with van der Waals surface area (Å²) in [4.78, 5) is 17.1. The van der Waals surface area contributed by atoms with Crippen molar-refractivity contribution in [2.75, 3.05) is 7.11 Å². The number of aryl methyl sites for hydroxylation is 1. The van der Waals surface area contributed by atoms with E-state index in [0.717, 1.165) is 27.2 Å². The Morgan fingerprint density at radius 3 is 2.93 bits per heavy atom. The zero-order chi connectivity index (χ0) is 19.0. The maximum absolute atomic E-state index is 12.2. The molecule has 0 atom stereocenters. The Balaban J connectivity index is 1.75. The van der Waals surface area contributed by atoms with Gasteiger partial charge in [-0.15, -0.1) is 11.3 Å². The Kier molecular flexibility index (Phi) is 4.90. The van der Waals surface area contributed by atoms with Gasteiger partial charge in [0.15, 0.2) is 4.88 Å². The van der Waals surface area contributed by atoms with Crippen LogP contribution in [0.4, 0.5) is 0 Å². The third-order valence-corrected chi connectivity index (χ3v) is 6.33. The van der Waals surface area contributed by atoms with Crippen molar-refractivity contribution in [3.8, 4) is 10.8 Å². The van der Waals surface area contributed by atoms with E-state index in [2.05, 4.69) is 4.98 Å². The van der Waals surface area contributed by atoms with Crippen molar-refractivity contribution in [1.29, 1.82) is 0 Å². The van der Waals surface area contributed by atoms with Gasteiger partial charge in [0.1, 0.15) is 23.7 Å². The Labute approximate surface area is 168 Å². The fourth-order valence-electron chi connectivity index (χ4n) is 2.67. The molecule has 27 heavy (non-hydrogen) atoms. The molecular weight excluding hydrogens is 404 g/mol. The predicted molar refractivity (Wildman–Crippen MR) is 109 cm³/mol. The molecule has 138 valence electrons. The summed E-state index contributed by atoms with van der Waals surface area (Å²) in [6.45, 7) is 2.33. The smallest absolute Gasteiger partial charge is 0.351 e. The van der Waals surface area contributed by atoms with Gasteiger partial charge >= 0.3 is 5.97 Å². The molecular formula is C19H15ClN2O3S2. The first-order chi connectivity index (χ1) is 13.1. The van der Waals surface area contributed by atoms with Gasteiger partial charge in [-0.05, 0) is 47.0 Å². The lowest BCUT2D eigenvalue weighted by Crippen LogP contribution is -2.02. The Bertz CT molecular complexity index is 1120. The van der Waals surface area contributed by atoms with Gasteiger partial charge in [0, 0.05) is 11.1 Å². The third-order valence-electron chi connectivity index (χ3n) is 4.10. The molecule has 0 fully saturated rings. The summed E-state index contributed by atoms with van der Waals surface area (Å²) in [5.41, 5.74) is 3.73. The summed E-state index contributed by atoms with van der Waals surface area (Å²) < 4.78 is 12.7. The van der Waals surface area contributed by atoms with Crippen LogP contribution in [0.5, 0.6) is 5.75 Å². The van der Waals surface area contributed by atoms with Crippen LogP contribution in [0.1, 0.15) is 20.8 Å². The van der Waals surface area contributed by atoms with Crippen molar-refractivity contribution >= 4 is 51.3 Å². The van der Waals surface area contributed by atoms with E-state index < -0.39 is 5.97 Å². The molecule has 0 saturated heterocycles. The number of esters is 1. The minimum Gasteiger partial charge on any atom is -0.487 e. The van der Waals surface area contributed by atoms with E-state index in [0.29, 0.717) is 22.3 Å². The van der Waals surface area contributed by atoms with Crippen LogP contribution in [0, 0.1) is 6.92 Å². The van der Waals surface area contributed by atoms with Gasteiger partial charge < -0.3 is 9.47 Å². The average Bonchev–Trinajstić information content (AvgIpc) is 3.39. The fourth-order valence-corrected chi connectivity index (χ4v) is 4.48. The molecule has 0 unspecified atom stereocenters. The molecule has 0 aliphatic carbocycles. The van der Waals surface area contributed by atoms with E-state index in [1.807, 2.05) is 46.5 Å². The SMILES string of the molecule is COC(=O)c1sc(-n2cnc3cc(C)c(Cl)cc32)cc1OCc1ccsc1. The van der Waals surface area contributed by atoms with Crippen molar-refractivity contribution in [2.24, 2.45) is 0 Å². The van der Waals surface area contributed by atoms with Crippen molar-refractivity contribution in [3.63, 3.8) is 0 Å². The maximum atomic E-state index is 12.2. The number of methoxy groups -OCH3 is 1. The van der Waals surface area contributed by atoms with E-state index >= 15 is 0 Å². The van der Waals surface area contributed by atoms with E-state index in [1.54, 1.807) is 17.7 Å². The van der Waals surface area contributed by atoms with Crippen LogP contribution in [0.2, 0.25) is 5.02 Å². The van der Waals surface area contributed by atoms with Gasteiger partial charge in [0.25, 0.3) is 0 Å². The highest BCUT2D eigenvalue weighted by molar-refractivity contribution is 7.16. The molecule has 5 nitrogen and oxygen atoms in total. The lowest BCUT2D eigenvalue weighted by Gasteiger charge is -2.04.